The first-order valence-corrected chi connectivity index (χ1v) is 5.69. The van der Waals surface area contributed by atoms with Crippen LogP contribution in [-0.4, -0.2) is 24.4 Å². The summed E-state index contributed by atoms with van der Waals surface area (Å²) in [5.74, 6) is 0.734. The van der Waals surface area contributed by atoms with Crippen LogP contribution in [0.5, 0.6) is 5.75 Å². The SMILES string of the molecule is CC(CCO)NCc1ccccc1OCC#N. The van der Waals surface area contributed by atoms with Gasteiger partial charge in [0.05, 0.1) is 0 Å². The van der Waals surface area contributed by atoms with Crippen molar-refractivity contribution in [2.75, 3.05) is 13.2 Å². The third-order valence-electron chi connectivity index (χ3n) is 2.47. The summed E-state index contributed by atoms with van der Waals surface area (Å²) in [6.07, 6.45) is 0.723. The number of nitrogens with one attached hydrogen (secondary N) is 1. The molecule has 2 N–H and O–H groups in total. The van der Waals surface area contributed by atoms with Gasteiger partial charge in [-0.15, -0.1) is 0 Å². The highest BCUT2D eigenvalue weighted by Crippen LogP contribution is 2.17. The number of ether oxygens (including phenoxy) is 1. The van der Waals surface area contributed by atoms with Crippen molar-refractivity contribution in [3.05, 3.63) is 29.8 Å². The lowest BCUT2D eigenvalue weighted by Crippen LogP contribution is -2.26. The van der Waals surface area contributed by atoms with E-state index >= 15 is 0 Å². The van der Waals surface area contributed by atoms with E-state index < -0.39 is 0 Å². The Kier molecular flexibility index (Phi) is 6.08. The zero-order chi connectivity index (χ0) is 12.5. The highest BCUT2D eigenvalue weighted by Gasteiger charge is 2.05. The molecule has 0 heterocycles. The van der Waals surface area contributed by atoms with Crippen LogP contribution < -0.4 is 10.1 Å². The minimum atomic E-state index is 0.0587. The van der Waals surface area contributed by atoms with Crippen molar-refractivity contribution in [1.82, 2.24) is 5.32 Å². The van der Waals surface area contributed by atoms with Gasteiger partial charge in [0.1, 0.15) is 11.8 Å². The van der Waals surface area contributed by atoms with Gasteiger partial charge in [0, 0.05) is 24.8 Å². The quantitative estimate of drug-likeness (QED) is 0.749. The highest BCUT2D eigenvalue weighted by atomic mass is 16.5. The van der Waals surface area contributed by atoms with E-state index in [0.29, 0.717) is 6.54 Å². The standard InChI is InChI=1S/C13H18N2O2/c1-11(6-8-16)15-10-12-4-2-3-5-13(12)17-9-7-14/h2-5,11,15-16H,6,8-10H2,1H3. The molecule has 0 aromatic heterocycles. The average Bonchev–Trinajstić information content (AvgIpc) is 2.35. The molecule has 1 aromatic rings. The van der Waals surface area contributed by atoms with Crippen LogP contribution in [0.2, 0.25) is 0 Å². The summed E-state index contributed by atoms with van der Waals surface area (Å²) in [6.45, 7) is 2.93. The molecule has 92 valence electrons. The maximum atomic E-state index is 8.80. The van der Waals surface area contributed by atoms with E-state index in [2.05, 4.69) is 5.32 Å². The Hall–Kier alpha value is -1.57. The van der Waals surface area contributed by atoms with Crippen molar-refractivity contribution in [3.8, 4) is 11.8 Å². The van der Waals surface area contributed by atoms with Crippen LogP contribution in [0, 0.1) is 11.3 Å². The van der Waals surface area contributed by atoms with Crippen molar-refractivity contribution in [1.29, 1.82) is 5.26 Å². The van der Waals surface area contributed by atoms with Gasteiger partial charge >= 0.3 is 0 Å². The molecule has 0 aliphatic carbocycles. The molecular weight excluding hydrogens is 216 g/mol. The Morgan fingerprint density at radius 1 is 1.47 bits per heavy atom. The zero-order valence-electron chi connectivity index (χ0n) is 10.0. The number of aliphatic hydroxyl groups is 1. The van der Waals surface area contributed by atoms with Crippen LogP contribution >= 0.6 is 0 Å². The molecule has 0 aliphatic heterocycles. The van der Waals surface area contributed by atoms with Crippen LogP contribution in [0.1, 0.15) is 18.9 Å². The molecule has 0 fully saturated rings. The summed E-state index contributed by atoms with van der Waals surface area (Å²) in [4.78, 5) is 0. The monoisotopic (exact) mass is 234 g/mol. The van der Waals surface area contributed by atoms with Gasteiger partial charge in [-0.3, -0.25) is 0 Å². The van der Waals surface area contributed by atoms with Gasteiger partial charge in [-0.2, -0.15) is 5.26 Å². The smallest absolute Gasteiger partial charge is 0.174 e. The summed E-state index contributed by atoms with van der Waals surface area (Å²) in [7, 11) is 0. The van der Waals surface area contributed by atoms with E-state index in [9.17, 15) is 0 Å². The van der Waals surface area contributed by atoms with Crippen molar-refractivity contribution in [2.45, 2.75) is 25.9 Å². The second-order valence-corrected chi connectivity index (χ2v) is 3.85. The van der Waals surface area contributed by atoms with Gasteiger partial charge in [-0.25, -0.2) is 0 Å². The summed E-state index contributed by atoms with van der Waals surface area (Å²) in [6, 6.07) is 9.84. The number of nitrogens with zero attached hydrogens (tertiary/aromatic N) is 1. The molecule has 1 rings (SSSR count). The first kappa shape index (κ1) is 13.5. The minimum Gasteiger partial charge on any atom is -0.478 e. The van der Waals surface area contributed by atoms with Crippen LogP contribution in [0.3, 0.4) is 0 Å². The van der Waals surface area contributed by atoms with E-state index in [1.165, 1.54) is 0 Å². The normalized spacial score (nSPS) is 11.8. The van der Waals surface area contributed by atoms with Crippen LogP contribution in [-0.2, 0) is 6.54 Å². The van der Waals surface area contributed by atoms with E-state index in [0.717, 1.165) is 17.7 Å². The molecule has 0 bridgehead atoms. The summed E-state index contributed by atoms with van der Waals surface area (Å²) in [5, 5.41) is 20.6. The van der Waals surface area contributed by atoms with E-state index in [1.807, 2.05) is 37.3 Å². The Balaban J connectivity index is 2.54. The summed E-state index contributed by atoms with van der Waals surface area (Å²) in [5.41, 5.74) is 1.02. The van der Waals surface area contributed by atoms with E-state index in [4.69, 9.17) is 15.1 Å². The van der Waals surface area contributed by atoms with E-state index in [1.54, 1.807) is 0 Å². The van der Waals surface area contributed by atoms with Crippen LogP contribution in [0.25, 0.3) is 0 Å². The number of nitriles is 1. The second-order valence-electron chi connectivity index (χ2n) is 3.85. The molecule has 0 spiro atoms. The molecule has 1 aromatic carbocycles. The average molecular weight is 234 g/mol. The zero-order valence-corrected chi connectivity index (χ0v) is 10.0. The van der Waals surface area contributed by atoms with Crippen molar-refractivity contribution < 1.29 is 9.84 Å². The molecule has 0 radical (unpaired) electrons. The topological polar surface area (TPSA) is 65.3 Å². The van der Waals surface area contributed by atoms with Crippen LogP contribution in [0.15, 0.2) is 24.3 Å². The van der Waals surface area contributed by atoms with Gasteiger partial charge in [-0.05, 0) is 19.4 Å². The summed E-state index contributed by atoms with van der Waals surface area (Å²) < 4.78 is 5.33. The van der Waals surface area contributed by atoms with Gasteiger partial charge in [0.2, 0.25) is 0 Å². The number of hydrogen-bond acceptors (Lipinski definition) is 4. The molecule has 0 amide bonds. The summed E-state index contributed by atoms with van der Waals surface area (Å²) >= 11 is 0. The number of benzene rings is 1. The maximum absolute atomic E-state index is 8.80. The van der Waals surface area contributed by atoms with Gasteiger partial charge in [0.25, 0.3) is 0 Å². The van der Waals surface area contributed by atoms with E-state index in [-0.39, 0.29) is 19.3 Å². The molecular formula is C13H18N2O2. The molecule has 17 heavy (non-hydrogen) atoms. The number of hydrogen-bond donors (Lipinski definition) is 2. The van der Waals surface area contributed by atoms with Crippen molar-refractivity contribution in [2.24, 2.45) is 0 Å². The first-order chi connectivity index (χ1) is 8.27. The van der Waals surface area contributed by atoms with Crippen LogP contribution in [0.4, 0.5) is 0 Å². The fourth-order valence-corrected chi connectivity index (χ4v) is 1.48. The Morgan fingerprint density at radius 2 is 2.24 bits per heavy atom. The predicted octanol–water partition coefficient (Wildman–Crippen LogP) is 1.45. The number of rotatable bonds is 7. The predicted molar refractivity (Wildman–Crippen MR) is 65.6 cm³/mol. The molecule has 4 heteroatoms. The Bertz CT molecular complexity index is 374. The van der Waals surface area contributed by atoms with Gasteiger partial charge < -0.3 is 15.2 Å². The lowest BCUT2D eigenvalue weighted by atomic mass is 10.1. The fourth-order valence-electron chi connectivity index (χ4n) is 1.48. The third-order valence-corrected chi connectivity index (χ3v) is 2.47. The lowest BCUT2D eigenvalue weighted by Gasteiger charge is -2.14. The molecule has 1 atom stereocenters. The molecule has 1 unspecified atom stereocenters. The molecule has 0 aliphatic rings. The Morgan fingerprint density at radius 3 is 2.94 bits per heavy atom. The van der Waals surface area contributed by atoms with Gasteiger partial charge in [-0.1, -0.05) is 18.2 Å². The molecule has 4 nitrogen and oxygen atoms in total. The highest BCUT2D eigenvalue weighted by molar-refractivity contribution is 5.33. The fraction of sp³-hybridized carbons (Fsp3) is 0.462. The molecule has 0 saturated carbocycles. The maximum Gasteiger partial charge on any atom is 0.174 e. The lowest BCUT2D eigenvalue weighted by molar-refractivity contribution is 0.268. The number of para-hydroxylation sites is 1. The van der Waals surface area contributed by atoms with Gasteiger partial charge in [0.15, 0.2) is 6.61 Å². The number of aliphatic hydroxyl groups excluding tert-OH is 1. The minimum absolute atomic E-state index is 0.0587. The Labute approximate surface area is 102 Å². The first-order valence-electron chi connectivity index (χ1n) is 5.69. The van der Waals surface area contributed by atoms with Crippen molar-refractivity contribution in [3.63, 3.8) is 0 Å². The van der Waals surface area contributed by atoms with Crippen molar-refractivity contribution >= 4 is 0 Å². The molecule has 0 saturated heterocycles. The third kappa shape index (κ3) is 4.85. The largest absolute Gasteiger partial charge is 0.478 e. The second kappa shape index (κ2) is 7.66.